The minimum atomic E-state index is -1.67. The summed E-state index contributed by atoms with van der Waals surface area (Å²) >= 11 is 0. The van der Waals surface area contributed by atoms with Gasteiger partial charge in [0.1, 0.15) is 24.2 Å². The number of aliphatic carboxylic acids is 2. The standard InChI is InChI=1S/C31H55N5O9/c1-7-8-9-10-11-12-13-14-15-16-23(37)35-26(19(2)3)30(43)36-27(20(4)5)29(42)33-21(6)28(41)32-18-24(38)34-22(31(44)45)17-25(39)40/h19-22,26-27H,7-18H2,1-6H3,(H,32,41)(H,33,42)(H,34,38)(H,35,37)(H,36,43)(H,39,40)(H,44,45)/t21-,22-,26-,27-/m0/s1. The van der Waals surface area contributed by atoms with E-state index in [0.29, 0.717) is 6.42 Å². The fraction of sp³-hybridized carbons (Fsp3) is 0.774. The molecule has 14 heteroatoms. The van der Waals surface area contributed by atoms with E-state index in [4.69, 9.17) is 10.2 Å². The Morgan fingerprint density at radius 2 is 1.07 bits per heavy atom. The molecule has 0 aliphatic heterocycles. The third-order valence-electron chi connectivity index (χ3n) is 7.21. The van der Waals surface area contributed by atoms with Gasteiger partial charge in [0.2, 0.25) is 29.5 Å². The zero-order valence-electron chi connectivity index (χ0n) is 27.7. The molecular formula is C31H55N5O9. The second kappa shape index (κ2) is 22.7. The highest BCUT2D eigenvalue weighted by Crippen LogP contribution is 2.12. The monoisotopic (exact) mass is 641 g/mol. The molecule has 14 nitrogen and oxygen atoms in total. The van der Waals surface area contributed by atoms with Crippen LogP contribution in [-0.4, -0.2) is 82.4 Å². The molecule has 0 heterocycles. The molecule has 0 aromatic rings. The number of carboxylic acid groups (broad SMARTS) is 2. The van der Waals surface area contributed by atoms with Crippen LogP contribution in [0, 0.1) is 11.8 Å². The van der Waals surface area contributed by atoms with E-state index >= 15 is 0 Å². The lowest BCUT2D eigenvalue weighted by Crippen LogP contribution is -2.59. The Labute approximate surface area is 266 Å². The van der Waals surface area contributed by atoms with Crippen molar-refractivity contribution in [3.05, 3.63) is 0 Å². The number of carbonyl (C=O) groups excluding carboxylic acids is 5. The second-order valence-corrected chi connectivity index (χ2v) is 12.1. The first-order chi connectivity index (χ1) is 21.1. The number of hydrogen-bond donors (Lipinski definition) is 7. The molecule has 7 N–H and O–H groups in total. The molecule has 5 amide bonds. The van der Waals surface area contributed by atoms with Gasteiger partial charge in [0, 0.05) is 6.42 Å². The molecule has 0 spiro atoms. The molecule has 0 aromatic heterocycles. The number of carbonyl (C=O) groups is 7. The van der Waals surface area contributed by atoms with Gasteiger partial charge in [0.25, 0.3) is 0 Å². The van der Waals surface area contributed by atoms with Gasteiger partial charge < -0.3 is 36.8 Å². The summed E-state index contributed by atoms with van der Waals surface area (Å²) in [6, 6.07) is -4.69. The molecule has 0 aromatic carbocycles. The van der Waals surface area contributed by atoms with Crippen molar-refractivity contribution in [2.45, 2.75) is 136 Å². The summed E-state index contributed by atoms with van der Waals surface area (Å²) in [4.78, 5) is 85.1. The maximum absolute atomic E-state index is 13.2. The van der Waals surface area contributed by atoms with Crippen LogP contribution in [0.4, 0.5) is 0 Å². The fourth-order valence-corrected chi connectivity index (χ4v) is 4.46. The zero-order valence-corrected chi connectivity index (χ0v) is 27.7. The van der Waals surface area contributed by atoms with E-state index in [0.717, 1.165) is 25.7 Å². The first-order valence-corrected chi connectivity index (χ1v) is 16.0. The van der Waals surface area contributed by atoms with Gasteiger partial charge in [-0.2, -0.15) is 0 Å². The van der Waals surface area contributed by atoms with Crippen molar-refractivity contribution < 1.29 is 43.8 Å². The topological polar surface area (TPSA) is 220 Å². The Morgan fingerprint density at radius 1 is 0.578 bits per heavy atom. The van der Waals surface area contributed by atoms with E-state index in [1.165, 1.54) is 39.0 Å². The van der Waals surface area contributed by atoms with E-state index in [2.05, 4.69) is 28.2 Å². The molecule has 0 aliphatic rings. The van der Waals surface area contributed by atoms with Crippen LogP contribution in [0.3, 0.4) is 0 Å². The predicted octanol–water partition coefficient (Wildman–Crippen LogP) is 1.85. The van der Waals surface area contributed by atoms with E-state index < -0.39 is 72.7 Å². The molecule has 258 valence electrons. The van der Waals surface area contributed by atoms with E-state index in [1.807, 2.05) is 5.32 Å². The molecule has 45 heavy (non-hydrogen) atoms. The third kappa shape index (κ3) is 18.6. The van der Waals surface area contributed by atoms with Gasteiger partial charge in [-0.05, 0) is 25.2 Å². The summed E-state index contributed by atoms with van der Waals surface area (Å²) in [7, 11) is 0. The van der Waals surface area contributed by atoms with Crippen LogP contribution in [0.15, 0.2) is 0 Å². The Bertz CT molecular complexity index is 986. The Hall–Kier alpha value is -3.71. The molecule has 0 rings (SSSR count). The molecule has 0 aliphatic carbocycles. The highest BCUT2D eigenvalue weighted by atomic mass is 16.4. The molecule has 4 atom stereocenters. The Balaban J connectivity index is 4.88. The number of rotatable bonds is 24. The number of hydrogen-bond acceptors (Lipinski definition) is 7. The quantitative estimate of drug-likeness (QED) is 0.0764. The first-order valence-electron chi connectivity index (χ1n) is 16.0. The summed E-state index contributed by atoms with van der Waals surface area (Å²) in [6.45, 7) is 9.90. The smallest absolute Gasteiger partial charge is 0.326 e. The van der Waals surface area contributed by atoms with Crippen molar-refractivity contribution in [1.29, 1.82) is 0 Å². The number of carboxylic acids is 2. The van der Waals surface area contributed by atoms with Crippen LogP contribution in [0.25, 0.3) is 0 Å². The Kier molecular flexibility index (Phi) is 20.9. The molecule has 0 saturated carbocycles. The number of nitrogens with one attached hydrogen (secondary N) is 5. The third-order valence-corrected chi connectivity index (χ3v) is 7.21. The van der Waals surface area contributed by atoms with Gasteiger partial charge in [0.05, 0.1) is 13.0 Å². The maximum Gasteiger partial charge on any atom is 0.326 e. The minimum absolute atomic E-state index is 0.232. The lowest BCUT2D eigenvalue weighted by Gasteiger charge is -2.28. The largest absolute Gasteiger partial charge is 0.481 e. The SMILES string of the molecule is CCCCCCCCCCCC(=O)N[C@H](C(=O)N[C@H](C(=O)N[C@@H](C)C(=O)NCC(=O)N[C@@H](CC(=O)O)C(=O)O)C(C)C)C(C)C. The summed E-state index contributed by atoms with van der Waals surface area (Å²) in [5.74, 6) is -6.69. The minimum Gasteiger partial charge on any atom is -0.481 e. The summed E-state index contributed by atoms with van der Waals surface area (Å²) < 4.78 is 0. The molecule has 0 unspecified atom stereocenters. The van der Waals surface area contributed by atoms with Crippen molar-refractivity contribution in [3.63, 3.8) is 0 Å². The number of unbranched alkanes of at least 4 members (excludes halogenated alkanes) is 8. The first kappa shape index (κ1) is 41.3. The predicted molar refractivity (Wildman–Crippen MR) is 168 cm³/mol. The zero-order chi connectivity index (χ0) is 34.5. The van der Waals surface area contributed by atoms with Gasteiger partial charge in [-0.15, -0.1) is 0 Å². The molecule has 0 fully saturated rings. The van der Waals surface area contributed by atoms with Gasteiger partial charge in [-0.1, -0.05) is 86.0 Å². The number of amides is 5. The van der Waals surface area contributed by atoms with Crippen molar-refractivity contribution in [3.8, 4) is 0 Å². The van der Waals surface area contributed by atoms with Crippen LogP contribution in [0.2, 0.25) is 0 Å². The van der Waals surface area contributed by atoms with Crippen LogP contribution in [-0.2, 0) is 33.6 Å². The lowest BCUT2D eigenvalue weighted by atomic mass is 9.99. The summed E-state index contributed by atoms with van der Waals surface area (Å²) in [5, 5.41) is 30.0. The van der Waals surface area contributed by atoms with Crippen molar-refractivity contribution in [1.82, 2.24) is 26.6 Å². The van der Waals surface area contributed by atoms with Crippen molar-refractivity contribution in [2.75, 3.05) is 6.54 Å². The average molecular weight is 642 g/mol. The molecular weight excluding hydrogens is 586 g/mol. The van der Waals surface area contributed by atoms with Gasteiger partial charge in [0.15, 0.2) is 0 Å². The fourth-order valence-electron chi connectivity index (χ4n) is 4.46. The van der Waals surface area contributed by atoms with Crippen LogP contribution < -0.4 is 26.6 Å². The van der Waals surface area contributed by atoms with Gasteiger partial charge >= 0.3 is 11.9 Å². The van der Waals surface area contributed by atoms with Crippen LogP contribution >= 0.6 is 0 Å². The molecule has 0 saturated heterocycles. The maximum atomic E-state index is 13.2. The average Bonchev–Trinajstić information content (AvgIpc) is 2.95. The van der Waals surface area contributed by atoms with Crippen molar-refractivity contribution >= 4 is 41.5 Å². The highest BCUT2D eigenvalue weighted by molar-refractivity contribution is 5.95. The lowest BCUT2D eigenvalue weighted by molar-refractivity contribution is -0.147. The van der Waals surface area contributed by atoms with E-state index in [1.54, 1.807) is 27.7 Å². The van der Waals surface area contributed by atoms with Gasteiger partial charge in [-0.25, -0.2) is 4.79 Å². The van der Waals surface area contributed by atoms with Gasteiger partial charge in [-0.3, -0.25) is 28.8 Å². The van der Waals surface area contributed by atoms with Crippen LogP contribution in [0.1, 0.15) is 112 Å². The summed E-state index contributed by atoms with van der Waals surface area (Å²) in [6.07, 6.45) is 9.56. The molecule has 0 bridgehead atoms. The summed E-state index contributed by atoms with van der Waals surface area (Å²) in [5.41, 5.74) is 0. The second-order valence-electron chi connectivity index (χ2n) is 12.1. The van der Waals surface area contributed by atoms with Crippen molar-refractivity contribution in [2.24, 2.45) is 11.8 Å². The highest BCUT2D eigenvalue weighted by Gasteiger charge is 2.31. The normalized spacial score (nSPS) is 13.7. The van der Waals surface area contributed by atoms with Crippen LogP contribution in [0.5, 0.6) is 0 Å². The van der Waals surface area contributed by atoms with E-state index in [9.17, 15) is 33.6 Å². The van der Waals surface area contributed by atoms with E-state index in [-0.39, 0.29) is 17.7 Å². The molecule has 0 radical (unpaired) electrons. The Morgan fingerprint density at radius 3 is 1.56 bits per heavy atom.